The van der Waals surface area contributed by atoms with Crippen molar-refractivity contribution in [3.8, 4) is 17.2 Å². The van der Waals surface area contributed by atoms with Crippen LogP contribution in [0.25, 0.3) is 0 Å². The molecule has 2 amide bonds. The maximum Gasteiger partial charge on any atom is 0.260 e. The number of rotatable bonds is 5. The standard InChI is InChI=1S/C18H24N2O5/c1-12(2)19-18(22)13-4-3-7-20(9-13)17(21)10-23-14-5-6-15-16(8-14)25-11-24-15/h5-6,8,12-13H,3-4,7,9-11H2,1-2H3,(H,19,22)/t13-/m1/s1. The van der Waals surface area contributed by atoms with Gasteiger partial charge in [-0.2, -0.15) is 0 Å². The second-order valence-corrected chi connectivity index (χ2v) is 6.65. The molecule has 0 bridgehead atoms. The first-order chi connectivity index (χ1) is 12.0. The molecule has 25 heavy (non-hydrogen) atoms. The minimum atomic E-state index is -0.148. The minimum Gasteiger partial charge on any atom is -0.484 e. The van der Waals surface area contributed by atoms with Crippen LogP contribution in [0.2, 0.25) is 0 Å². The molecule has 0 aliphatic carbocycles. The molecule has 1 saturated heterocycles. The number of likely N-dealkylation sites (tertiary alicyclic amines) is 1. The van der Waals surface area contributed by atoms with Crippen molar-refractivity contribution in [1.82, 2.24) is 10.2 Å². The van der Waals surface area contributed by atoms with Crippen LogP contribution >= 0.6 is 0 Å². The van der Waals surface area contributed by atoms with E-state index in [2.05, 4.69) is 5.32 Å². The molecule has 7 nitrogen and oxygen atoms in total. The van der Waals surface area contributed by atoms with Crippen LogP contribution in [0.4, 0.5) is 0 Å². The Morgan fingerprint density at radius 2 is 2.12 bits per heavy atom. The lowest BCUT2D eigenvalue weighted by molar-refractivity contribution is -0.137. The van der Waals surface area contributed by atoms with Crippen molar-refractivity contribution in [2.45, 2.75) is 32.7 Å². The van der Waals surface area contributed by atoms with Crippen LogP contribution in [0, 0.1) is 5.92 Å². The zero-order chi connectivity index (χ0) is 17.8. The zero-order valence-corrected chi connectivity index (χ0v) is 14.6. The van der Waals surface area contributed by atoms with Crippen molar-refractivity contribution < 1.29 is 23.8 Å². The van der Waals surface area contributed by atoms with Gasteiger partial charge in [-0.05, 0) is 38.8 Å². The smallest absolute Gasteiger partial charge is 0.260 e. The van der Waals surface area contributed by atoms with Crippen LogP contribution < -0.4 is 19.5 Å². The summed E-state index contributed by atoms with van der Waals surface area (Å²) in [4.78, 5) is 26.3. The van der Waals surface area contributed by atoms with Gasteiger partial charge in [-0.3, -0.25) is 9.59 Å². The van der Waals surface area contributed by atoms with Crippen LogP contribution in [0.1, 0.15) is 26.7 Å². The van der Waals surface area contributed by atoms with Crippen LogP contribution in [-0.2, 0) is 9.59 Å². The highest BCUT2D eigenvalue weighted by atomic mass is 16.7. The van der Waals surface area contributed by atoms with E-state index in [1.165, 1.54) is 0 Å². The number of carbonyl (C=O) groups is 2. The molecular weight excluding hydrogens is 324 g/mol. The molecule has 7 heteroatoms. The minimum absolute atomic E-state index is 0.0178. The van der Waals surface area contributed by atoms with E-state index in [4.69, 9.17) is 14.2 Å². The van der Waals surface area contributed by atoms with Crippen LogP contribution in [0.15, 0.2) is 18.2 Å². The first kappa shape index (κ1) is 17.4. The third-order valence-electron chi connectivity index (χ3n) is 4.28. The number of piperidine rings is 1. The fourth-order valence-corrected chi connectivity index (χ4v) is 3.02. The van der Waals surface area contributed by atoms with Crippen molar-refractivity contribution in [1.29, 1.82) is 0 Å². The quantitative estimate of drug-likeness (QED) is 0.874. The van der Waals surface area contributed by atoms with Gasteiger partial charge in [0.05, 0.1) is 5.92 Å². The van der Waals surface area contributed by atoms with E-state index in [1.54, 1.807) is 23.1 Å². The molecule has 2 aliphatic rings. The van der Waals surface area contributed by atoms with Crippen molar-refractivity contribution in [3.63, 3.8) is 0 Å². The van der Waals surface area contributed by atoms with Crippen LogP contribution in [-0.4, -0.2) is 49.2 Å². The molecule has 3 rings (SSSR count). The second-order valence-electron chi connectivity index (χ2n) is 6.65. The van der Waals surface area contributed by atoms with E-state index in [1.807, 2.05) is 13.8 Å². The van der Waals surface area contributed by atoms with E-state index >= 15 is 0 Å². The van der Waals surface area contributed by atoms with E-state index in [9.17, 15) is 9.59 Å². The molecule has 1 atom stereocenters. The number of nitrogens with zero attached hydrogens (tertiary/aromatic N) is 1. The van der Waals surface area contributed by atoms with E-state index < -0.39 is 0 Å². The van der Waals surface area contributed by atoms with Crippen molar-refractivity contribution in [2.24, 2.45) is 5.92 Å². The number of ether oxygens (including phenoxy) is 3. The summed E-state index contributed by atoms with van der Waals surface area (Å²) < 4.78 is 16.1. The van der Waals surface area contributed by atoms with Gasteiger partial charge in [-0.15, -0.1) is 0 Å². The number of hydrogen-bond acceptors (Lipinski definition) is 5. The lowest BCUT2D eigenvalue weighted by atomic mass is 9.97. The summed E-state index contributed by atoms with van der Waals surface area (Å²) in [5, 5.41) is 2.92. The SMILES string of the molecule is CC(C)NC(=O)[C@@H]1CCCN(C(=O)COc2ccc3c(c2)OCO3)C1. The van der Waals surface area contributed by atoms with E-state index in [0.717, 1.165) is 12.8 Å². The molecule has 136 valence electrons. The van der Waals surface area contributed by atoms with E-state index in [0.29, 0.717) is 30.3 Å². The van der Waals surface area contributed by atoms with E-state index in [-0.39, 0.29) is 37.2 Å². The zero-order valence-electron chi connectivity index (χ0n) is 14.6. The molecule has 0 radical (unpaired) electrons. The Bertz CT molecular complexity index is 646. The fourth-order valence-electron chi connectivity index (χ4n) is 3.02. The first-order valence-corrected chi connectivity index (χ1v) is 8.63. The Labute approximate surface area is 147 Å². The Hall–Kier alpha value is -2.44. The molecule has 1 aromatic carbocycles. The van der Waals surface area contributed by atoms with Crippen molar-refractivity contribution in [2.75, 3.05) is 26.5 Å². The molecule has 2 aliphatic heterocycles. The predicted octanol–water partition coefficient (Wildman–Crippen LogP) is 1.56. The van der Waals surface area contributed by atoms with Gasteiger partial charge in [0.2, 0.25) is 12.7 Å². The average Bonchev–Trinajstić information content (AvgIpc) is 3.07. The lowest BCUT2D eigenvalue weighted by Crippen LogP contribution is -2.47. The summed E-state index contributed by atoms with van der Waals surface area (Å²) in [6.45, 7) is 5.12. The molecule has 0 unspecified atom stereocenters. The normalized spacial score (nSPS) is 19.0. The van der Waals surface area contributed by atoms with Crippen LogP contribution in [0.5, 0.6) is 17.2 Å². The summed E-state index contributed by atoms with van der Waals surface area (Å²) in [6.07, 6.45) is 1.64. The molecular formula is C18H24N2O5. The Balaban J connectivity index is 1.51. The largest absolute Gasteiger partial charge is 0.484 e. The molecule has 0 saturated carbocycles. The third-order valence-corrected chi connectivity index (χ3v) is 4.28. The van der Waals surface area contributed by atoms with Gasteiger partial charge in [-0.1, -0.05) is 0 Å². The Morgan fingerprint density at radius 3 is 2.92 bits per heavy atom. The van der Waals surface area contributed by atoms with Gasteiger partial charge in [0, 0.05) is 25.2 Å². The van der Waals surface area contributed by atoms with Gasteiger partial charge >= 0.3 is 0 Å². The predicted molar refractivity (Wildman–Crippen MR) is 90.6 cm³/mol. The second kappa shape index (κ2) is 7.63. The number of fused-ring (bicyclic) bond motifs is 1. The van der Waals surface area contributed by atoms with Crippen molar-refractivity contribution in [3.05, 3.63) is 18.2 Å². The Morgan fingerprint density at radius 1 is 1.32 bits per heavy atom. The molecule has 1 N–H and O–H groups in total. The first-order valence-electron chi connectivity index (χ1n) is 8.63. The summed E-state index contributed by atoms with van der Waals surface area (Å²) in [5.41, 5.74) is 0. The van der Waals surface area contributed by atoms with Gasteiger partial charge in [-0.25, -0.2) is 0 Å². The maximum absolute atomic E-state index is 12.4. The van der Waals surface area contributed by atoms with Crippen molar-refractivity contribution >= 4 is 11.8 Å². The molecule has 0 aromatic heterocycles. The van der Waals surface area contributed by atoms with Gasteiger partial charge in [0.25, 0.3) is 5.91 Å². The summed E-state index contributed by atoms with van der Waals surface area (Å²) in [6, 6.07) is 5.32. The topological polar surface area (TPSA) is 77.1 Å². The number of hydrogen-bond donors (Lipinski definition) is 1. The average molecular weight is 348 g/mol. The molecule has 2 heterocycles. The Kier molecular flexibility index (Phi) is 5.31. The number of carbonyl (C=O) groups excluding carboxylic acids is 2. The maximum atomic E-state index is 12.4. The third kappa shape index (κ3) is 4.35. The highest BCUT2D eigenvalue weighted by molar-refractivity contribution is 5.82. The molecule has 1 fully saturated rings. The van der Waals surface area contributed by atoms with Gasteiger partial charge in [0.1, 0.15) is 5.75 Å². The summed E-state index contributed by atoms with van der Waals surface area (Å²) in [5.74, 6) is 1.61. The number of nitrogens with one attached hydrogen (secondary N) is 1. The number of benzene rings is 1. The number of amides is 2. The highest BCUT2D eigenvalue weighted by Gasteiger charge is 2.28. The lowest BCUT2D eigenvalue weighted by Gasteiger charge is -2.32. The van der Waals surface area contributed by atoms with Gasteiger partial charge < -0.3 is 24.4 Å². The van der Waals surface area contributed by atoms with Crippen LogP contribution in [0.3, 0.4) is 0 Å². The summed E-state index contributed by atoms with van der Waals surface area (Å²) in [7, 11) is 0. The molecule has 1 aromatic rings. The molecule has 0 spiro atoms. The van der Waals surface area contributed by atoms with Gasteiger partial charge in [0.15, 0.2) is 18.1 Å². The fraction of sp³-hybridized carbons (Fsp3) is 0.556. The summed E-state index contributed by atoms with van der Waals surface area (Å²) >= 11 is 0. The highest BCUT2D eigenvalue weighted by Crippen LogP contribution is 2.35. The monoisotopic (exact) mass is 348 g/mol.